The number of alkyl halides is 3. The fourth-order valence-electron chi connectivity index (χ4n) is 2.62. The summed E-state index contributed by atoms with van der Waals surface area (Å²) in [6.07, 6.45) is -0.933. The minimum Gasteiger partial charge on any atom is -0.370 e. The van der Waals surface area contributed by atoms with Crippen molar-refractivity contribution >= 4 is 12.0 Å². The summed E-state index contributed by atoms with van der Waals surface area (Å²) in [6, 6.07) is 0.843. The number of amides is 2. The summed E-state index contributed by atoms with van der Waals surface area (Å²) in [5, 5.41) is 5.25. The first-order valence-corrected chi connectivity index (χ1v) is 8.76. The van der Waals surface area contributed by atoms with Gasteiger partial charge in [-0.05, 0) is 13.0 Å². The van der Waals surface area contributed by atoms with Gasteiger partial charge in [0, 0.05) is 51.7 Å². The Morgan fingerprint density at radius 1 is 1.26 bits per heavy atom. The van der Waals surface area contributed by atoms with Crippen molar-refractivity contribution in [3.05, 3.63) is 18.5 Å². The van der Waals surface area contributed by atoms with Crippen molar-refractivity contribution < 1.29 is 22.7 Å². The van der Waals surface area contributed by atoms with E-state index in [2.05, 4.69) is 35.1 Å². The maximum Gasteiger partial charge on any atom is 0.411 e. The van der Waals surface area contributed by atoms with Crippen LogP contribution in [0.2, 0.25) is 0 Å². The molecule has 1 unspecified atom stereocenters. The summed E-state index contributed by atoms with van der Waals surface area (Å²) in [5.74, 6) is 0.719. The van der Waals surface area contributed by atoms with Crippen molar-refractivity contribution in [2.45, 2.75) is 19.1 Å². The van der Waals surface area contributed by atoms with Gasteiger partial charge >= 0.3 is 12.2 Å². The Balaban J connectivity index is 1.55. The number of rotatable bonds is 8. The normalized spacial score (nSPS) is 16.8. The predicted octanol–water partition coefficient (Wildman–Crippen LogP) is 0.865. The maximum absolute atomic E-state index is 12.0. The van der Waals surface area contributed by atoms with E-state index in [0.717, 1.165) is 32.1 Å². The molecule has 0 aliphatic carbocycles. The summed E-state index contributed by atoms with van der Waals surface area (Å²) in [6.45, 7) is 4.50. The molecule has 2 N–H and O–H groups in total. The number of ether oxygens (including phenoxy) is 1. The summed E-state index contributed by atoms with van der Waals surface area (Å²) in [7, 11) is 0. The molecule has 0 bridgehead atoms. The lowest BCUT2D eigenvalue weighted by atomic mass is 10.3. The standard InChI is InChI=1S/C16H25F3N6O2/c1-13(11-27-12-16(17,18)19)23-15(26)22-5-6-24-7-9-25(10-8-24)14-20-3-2-4-21-14/h2-4,13H,5-12H2,1H3,(H2,22,23,26). The molecule has 2 rings (SSSR count). The van der Waals surface area contributed by atoms with Crippen molar-refractivity contribution in [2.75, 3.05) is 57.4 Å². The molecule has 1 aromatic heterocycles. The Labute approximate surface area is 156 Å². The molecule has 0 spiro atoms. The van der Waals surface area contributed by atoms with E-state index in [1.165, 1.54) is 0 Å². The largest absolute Gasteiger partial charge is 0.411 e. The molecule has 0 aromatic carbocycles. The molecule has 27 heavy (non-hydrogen) atoms. The number of hydrogen-bond acceptors (Lipinski definition) is 6. The second-order valence-electron chi connectivity index (χ2n) is 6.31. The number of anilines is 1. The highest BCUT2D eigenvalue weighted by molar-refractivity contribution is 5.74. The van der Waals surface area contributed by atoms with Gasteiger partial charge < -0.3 is 20.3 Å². The molecule has 1 aromatic rings. The lowest BCUT2D eigenvalue weighted by Gasteiger charge is -2.34. The Morgan fingerprint density at radius 3 is 2.56 bits per heavy atom. The lowest BCUT2D eigenvalue weighted by molar-refractivity contribution is -0.174. The van der Waals surface area contributed by atoms with E-state index in [4.69, 9.17) is 0 Å². The summed E-state index contributed by atoms with van der Waals surface area (Å²) < 4.78 is 40.5. The summed E-state index contributed by atoms with van der Waals surface area (Å²) >= 11 is 0. The zero-order valence-corrected chi connectivity index (χ0v) is 15.2. The van der Waals surface area contributed by atoms with Gasteiger partial charge in [-0.3, -0.25) is 4.90 Å². The number of nitrogens with zero attached hydrogens (tertiary/aromatic N) is 4. The zero-order chi connectivity index (χ0) is 19.7. The molecule has 1 aliphatic heterocycles. The van der Waals surface area contributed by atoms with Gasteiger partial charge in [0.05, 0.1) is 12.6 Å². The molecule has 1 saturated heterocycles. The molecule has 1 aliphatic rings. The first-order chi connectivity index (χ1) is 12.8. The molecule has 2 amide bonds. The van der Waals surface area contributed by atoms with E-state index in [1.807, 2.05) is 0 Å². The highest BCUT2D eigenvalue weighted by Crippen LogP contribution is 2.14. The molecular formula is C16H25F3N6O2. The van der Waals surface area contributed by atoms with E-state index >= 15 is 0 Å². The number of carbonyl (C=O) groups is 1. The third-order valence-electron chi connectivity index (χ3n) is 3.93. The monoisotopic (exact) mass is 390 g/mol. The fraction of sp³-hybridized carbons (Fsp3) is 0.688. The van der Waals surface area contributed by atoms with Crippen molar-refractivity contribution in [3.8, 4) is 0 Å². The minimum atomic E-state index is -4.36. The second-order valence-corrected chi connectivity index (χ2v) is 6.31. The van der Waals surface area contributed by atoms with Crippen LogP contribution in [0, 0.1) is 0 Å². The van der Waals surface area contributed by atoms with Crippen LogP contribution in [0.3, 0.4) is 0 Å². The van der Waals surface area contributed by atoms with E-state index in [9.17, 15) is 18.0 Å². The van der Waals surface area contributed by atoms with Crippen LogP contribution in [-0.4, -0.2) is 85.6 Å². The second kappa shape index (κ2) is 10.3. The van der Waals surface area contributed by atoms with Gasteiger partial charge in [-0.25, -0.2) is 14.8 Å². The van der Waals surface area contributed by atoms with Crippen molar-refractivity contribution in [1.82, 2.24) is 25.5 Å². The van der Waals surface area contributed by atoms with Gasteiger partial charge in [-0.2, -0.15) is 13.2 Å². The first-order valence-electron chi connectivity index (χ1n) is 8.76. The molecule has 11 heteroatoms. The van der Waals surface area contributed by atoms with Crippen molar-refractivity contribution in [1.29, 1.82) is 0 Å². The van der Waals surface area contributed by atoms with Gasteiger partial charge in [-0.15, -0.1) is 0 Å². The van der Waals surface area contributed by atoms with Crippen LogP contribution in [0.15, 0.2) is 18.5 Å². The van der Waals surface area contributed by atoms with Crippen LogP contribution in [0.1, 0.15) is 6.92 Å². The lowest BCUT2D eigenvalue weighted by Crippen LogP contribution is -2.50. The molecule has 1 atom stereocenters. The van der Waals surface area contributed by atoms with Gasteiger partial charge in [-0.1, -0.05) is 0 Å². The van der Waals surface area contributed by atoms with Crippen LogP contribution >= 0.6 is 0 Å². The van der Waals surface area contributed by atoms with Crippen LogP contribution in [0.5, 0.6) is 0 Å². The molecule has 8 nitrogen and oxygen atoms in total. The number of nitrogens with one attached hydrogen (secondary N) is 2. The van der Waals surface area contributed by atoms with Crippen molar-refractivity contribution in [2.24, 2.45) is 0 Å². The smallest absolute Gasteiger partial charge is 0.370 e. The topological polar surface area (TPSA) is 82.6 Å². The Bertz CT molecular complexity index is 567. The van der Waals surface area contributed by atoms with E-state index in [1.54, 1.807) is 25.4 Å². The number of hydrogen-bond donors (Lipinski definition) is 2. The molecule has 1 fully saturated rings. The van der Waals surface area contributed by atoms with E-state index in [0.29, 0.717) is 13.1 Å². The quantitative estimate of drug-likeness (QED) is 0.685. The molecule has 2 heterocycles. The van der Waals surface area contributed by atoms with Crippen LogP contribution in [0.25, 0.3) is 0 Å². The zero-order valence-electron chi connectivity index (χ0n) is 15.2. The van der Waals surface area contributed by atoms with Crippen LogP contribution in [-0.2, 0) is 4.74 Å². The highest BCUT2D eigenvalue weighted by atomic mass is 19.4. The van der Waals surface area contributed by atoms with E-state index in [-0.39, 0.29) is 6.61 Å². The number of piperazine rings is 1. The highest BCUT2D eigenvalue weighted by Gasteiger charge is 2.27. The van der Waals surface area contributed by atoms with Gasteiger partial charge in [0.25, 0.3) is 0 Å². The first kappa shape index (κ1) is 21.2. The maximum atomic E-state index is 12.0. The van der Waals surface area contributed by atoms with Gasteiger partial charge in [0.15, 0.2) is 0 Å². The minimum absolute atomic E-state index is 0.198. The Kier molecular flexibility index (Phi) is 8.04. The summed E-state index contributed by atoms with van der Waals surface area (Å²) in [4.78, 5) is 24.5. The van der Waals surface area contributed by atoms with Crippen molar-refractivity contribution in [3.63, 3.8) is 0 Å². The summed E-state index contributed by atoms with van der Waals surface area (Å²) in [5.41, 5.74) is 0. The van der Waals surface area contributed by atoms with Gasteiger partial charge in [0.2, 0.25) is 5.95 Å². The van der Waals surface area contributed by atoms with Crippen LogP contribution in [0.4, 0.5) is 23.9 Å². The molecular weight excluding hydrogens is 365 g/mol. The average molecular weight is 390 g/mol. The van der Waals surface area contributed by atoms with Gasteiger partial charge in [0.1, 0.15) is 6.61 Å². The molecule has 152 valence electrons. The Morgan fingerprint density at radius 2 is 1.93 bits per heavy atom. The molecule has 0 radical (unpaired) electrons. The number of aromatic nitrogens is 2. The third-order valence-corrected chi connectivity index (χ3v) is 3.93. The third kappa shape index (κ3) is 8.39. The van der Waals surface area contributed by atoms with Crippen LogP contribution < -0.4 is 15.5 Å². The average Bonchev–Trinajstić information content (AvgIpc) is 2.62. The number of carbonyl (C=O) groups excluding carboxylic acids is 1. The predicted molar refractivity (Wildman–Crippen MR) is 93.6 cm³/mol. The number of urea groups is 1. The number of halogens is 3. The Hall–Kier alpha value is -2.14. The molecule has 0 saturated carbocycles. The van der Waals surface area contributed by atoms with E-state index < -0.39 is 24.9 Å². The SMILES string of the molecule is CC(COCC(F)(F)F)NC(=O)NCCN1CCN(c2ncccn2)CC1. The fourth-order valence-corrected chi connectivity index (χ4v) is 2.62.